The third-order valence-electron chi connectivity index (χ3n) is 6.01. The lowest BCUT2D eigenvalue weighted by Gasteiger charge is -2.22. The fraction of sp³-hybridized carbons (Fsp3) is 0.320. The van der Waals surface area contributed by atoms with Gasteiger partial charge in [-0.15, -0.1) is 0 Å². The van der Waals surface area contributed by atoms with E-state index in [9.17, 15) is 14.3 Å². The molecule has 31 heavy (non-hydrogen) atoms. The number of benzene rings is 1. The van der Waals surface area contributed by atoms with Crippen molar-refractivity contribution in [2.24, 2.45) is 5.92 Å². The highest BCUT2D eigenvalue weighted by Crippen LogP contribution is 2.51. The third kappa shape index (κ3) is 4.08. The second-order valence-electron chi connectivity index (χ2n) is 8.90. The maximum absolute atomic E-state index is 13.2. The Labute approximate surface area is 181 Å². The second kappa shape index (κ2) is 7.54. The summed E-state index contributed by atoms with van der Waals surface area (Å²) in [5.74, 6) is -0.347. The van der Waals surface area contributed by atoms with Gasteiger partial charge in [0.25, 0.3) is 5.91 Å². The summed E-state index contributed by atoms with van der Waals surface area (Å²) >= 11 is 0. The van der Waals surface area contributed by atoms with Gasteiger partial charge in [-0.05, 0) is 80.6 Å². The molecule has 160 valence electrons. The largest absolute Gasteiger partial charge is 0.386 e. The molecule has 1 aliphatic carbocycles. The number of hydrogen-bond acceptors (Lipinski definition) is 4. The Morgan fingerprint density at radius 1 is 1.16 bits per heavy atom. The zero-order valence-electron chi connectivity index (χ0n) is 18.1. The van der Waals surface area contributed by atoms with Gasteiger partial charge in [-0.3, -0.25) is 14.8 Å². The van der Waals surface area contributed by atoms with Crippen LogP contribution in [0.25, 0.3) is 11.3 Å². The lowest BCUT2D eigenvalue weighted by Crippen LogP contribution is -2.36. The van der Waals surface area contributed by atoms with Gasteiger partial charge in [0.15, 0.2) is 0 Å². The van der Waals surface area contributed by atoms with E-state index in [0.717, 1.165) is 28.8 Å². The molecule has 4 rings (SSSR count). The van der Waals surface area contributed by atoms with E-state index in [2.05, 4.69) is 22.2 Å². The molecule has 2 aromatic heterocycles. The molecule has 2 atom stereocenters. The molecular weight excluding hydrogens is 393 g/mol. The van der Waals surface area contributed by atoms with Crippen LogP contribution < -0.4 is 5.32 Å². The summed E-state index contributed by atoms with van der Waals surface area (Å²) in [6, 6.07) is 11.3. The van der Waals surface area contributed by atoms with E-state index < -0.39 is 11.1 Å². The maximum atomic E-state index is 13.2. The number of hydrogen-bond donors (Lipinski definition) is 2. The lowest BCUT2D eigenvalue weighted by molar-refractivity contribution is 0.0790. The normalized spacial score (nSPS) is 20.4. The predicted octanol–water partition coefficient (Wildman–Crippen LogP) is 4.48. The van der Waals surface area contributed by atoms with Crippen molar-refractivity contribution >= 4 is 5.91 Å². The molecule has 1 aromatic carbocycles. The molecule has 0 radical (unpaired) electrons. The van der Waals surface area contributed by atoms with Gasteiger partial charge in [0.05, 0.1) is 16.8 Å². The summed E-state index contributed by atoms with van der Waals surface area (Å²) in [6.45, 7) is 7.45. The van der Waals surface area contributed by atoms with Crippen molar-refractivity contribution in [1.29, 1.82) is 0 Å². The molecule has 1 fully saturated rings. The van der Waals surface area contributed by atoms with Crippen molar-refractivity contribution in [3.8, 4) is 11.3 Å². The zero-order chi connectivity index (χ0) is 22.4. The van der Waals surface area contributed by atoms with Crippen molar-refractivity contribution < 1.29 is 14.3 Å². The quantitative estimate of drug-likeness (QED) is 0.639. The average molecular weight is 420 g/mol. The van der Waals surface area contributed by atoms with Crippen LogP contribution in [0.1, 0.15) is 54.4 Å². The minimum atomic E-state index is -1.03. The highest BCUT2D eigenvalue weighted by atomic mass is 19.1. The highest BCUT2D eigenvalue weighted by molar-refractivity contribution is 5.95. The number of pyridine rings is 2. The summed E-state index contributed by atoms with van der Waals surface area (Å²) in [4.78, 5) is 21.7. The van der Waals surface area contributed by atoms with Gasteiger partial charge in [0.1, 0.15) is 5.82 Å². The van der Waals surface area contributed by atoms with Crippen molar-refractivity contribution in [3.05, 3.63) is 83.1 Å². The number of rotatable bonds is 5. The number of nitrogens with zero attached hydrogens (tertiary/aromatic N) is 2. The first-order valence-corrected chi connectivity index (χ1v) is 10.3. The van der Waals surface area contributed by atoms with E-state index in [4.69, 9.17) is 0 Å². The van der Waals surface area contributed by atoms with Gasteiger partial charge < -0.3 is 10.4 Å². The number of amides is 1. The number of nitrogens with one attached hydrogen (secondary N) is 1. The highest BCUT2D eigenvalue weighted by Gasteiger charge is 2.53. The number of aryl methyl sites for hydroxylation is 1. The zero-order valence-corrected chi connectivity index (χ0v) is 18.1. The smallest absolute Gasteiger partial charge is 0.251 e. The minimum Gasteiger partial charge on any atom is -0.386 e. The second-order valence-corrected chi connectivity index (χ2v) is 8.90. The fourth-order valence-electron chi connectivity index (χ4n) is 4.04. The van der Waals surface area contributed by atoms with Crippen LogP contribution in [-0.4, -0.2) is 21.0 Å². The molecule has 6 heteroatoms. The molecule has 5 nitrogen and oxygen atoms in total. The maximum Gasteiger partial charge on any atom is 0.251 e. The summed E-state index contributed by atoms with van der Waals surface area (Å²) in [7, 11) is 0. The van der Waals surface area contributed by atoms with Crippen molar-refractivity contribution in [1.82, 2.24) is 15.3 Å². The SMILES string of the molecule is Cc1cc(C(C)(C)O)c(-c2ccc([C@@]3(NC(=O)c4ccc(F)cc4)C[C@@H]3C)cn2)cn1. The van der Waals surface area contributed by atoms with E-state index in [-0.39, 0.29) is 17.6 Å². The van der Waals surface area contributed by atoms with E-state index in [0.29, 0.717) is 11.3 Å². The molecule has 0 bridgehead atoms. The lowest BCUT2D eigenvalue weighted by atomic mass is 9.92. The van der Waals surface area contributed by atoms with Crippen LogP contribution in [0.4, 0.5) is 4.39 Å². The molecule has 0 unspecified atom stereocenters. The van der Waals surface area contributed by atoms with Crippen molar-refractivity contribution in [2.75, 3.05) is 0 Å². The Kier molecular flexibility index (Phi) is 5.13. The van der Waals surface area contributed by atoms with Crippen LogP contribution >= 0.6 is 0 Å². The Morgan fingerprint density at radius 3 is 2.39 bits per heavy atom. The Morgan fingerprint density at radius 2 is 1.84 bits per heavy atom. The number of carbonyl (C=O) groups is 1. The number of halogens is 1. The van der Waals surface area contributed by atoms with Crippen LogP contribution in [0.5, 0.6) is 0 Å². The Bertz CT molecular complexity index is 1120. The summed E-state index contributed by atoms with van der Waals surface area (Å²) in [5, 5.41) is 13.7. The Balaban J connectivity index is 1.62. The van der Waals surface area contributed by atoms with Crippen LogP contribution in [0.15, 0.2) is 54.9 Å². The van der Waals surface area contributed by atoms with Crippen molar-refractivity contribution in [2.45, 2.75) is 45.3 Å². The van der Waals surface area contributed by atoms with Gasteiger partial charge in [0.2, 0.25) is 0 Å². The molecule has 0 spiro atoms. The molecular formula is C25H26FN3O2. The predicted molar refractivity (Wildman–Crippen MR) is 117 cm³/mol. The summed E-state index contributed by atoms with van der Waals surface area (Å²) in [6.07, 6.45) is 4.32. The summed E-state index contributed by atoms with van der Waals surface area (Å²) in [5.41, 5.74) is 2.90. The summed E-state index contributed by atoms with van der Waals surface area (Å²) < 4.78 is 13.2. The van der Waals surface area contributed by atoms with Crippen LogP contribution in [0.2, 0.25) is 0 Å². The molecule has 3 aromatic rings. The average Bonchev–Trinajstić information content (AvgIpc) is 3.38. The molecule has 1 amide bonds. The first kappa shape index (κ1) is 21.1. The first-order chi connectivity index (χ1) is 14.6. The Hall–Kier alpha value is -3.12. The first-order valence-electron chi connectivity index (χ1n) is 10.3. The number of aromatic nitrogens is 2. The molecule has 1 saturated carbocycles. The van der Waals surface area contributed by atoms with Crippen LogP contribution in [0.3, 0.4) is 0 Å². The number of carbonyl (C=O) groups excluding carboxylic acids is 1. The van der Waals surface area contributed by atoms with Gasteiger partial charge >= 0.3 is 0 Å². The third-order valence-corrected chi connectivity index (χ3v) is 6.01. The van der Waals surface area contributed by atoms with E-state index >= 15 is 0 Å². The van der Waals surface area contributed by atoms with Crippen LogP contribution in [0, 0.1) is 18.7 Å². The topological polar surface area (TPSA) is 75.1 Å². The molecule has 2 heterocycles. The van der Waals surface area contributed by atoms with E-state index in [1.165, 1.54) is 24.3 Å². The van der Waals surface area contributed by atoms with E-state index in [1.807, 2.05) is 25.1 Å². The minimum absolute atomic E-state index is 0.236. The monoisotopic (exact) mass is 419 g/mol. The van der Waals surface area contributed by atoms with Gasteiger partial charge in [0, 0.05) is 29.2 Å². The van der Waals surface area contributed by atoms with Crippen LogP contribution in [-0.2, 0) is 11.1 Å². The molecule has 2 N–H and O–H groups in total. The standard InChI is InChI=1S/C25H26FN3O2/c1-15-12-25(15,29-23(30)17-5-8-19(26)9-6-17)18-7-10-22(28-13-18)20-14-27-16(2)11-21(20)24(3,4)31/h5-11,13-15,31H,12H2,1-4H3,(H,29,30)/t15-,25+/m0/s1. The van der Waals surface area contributed by atoms with E-state index in [1.54, 1.807) is 26.2 Å². The molecule has 1 aliphatic rings. The van der Waals surface area contributed by atoms with Gasteiger partial charge in [-0.1, -0.05) is 13.0 Å². The van der Waals surface area contributed by atoms with Gasteiger partial charge in [-0.2, -0.15) is 0 Å². The fourth-order valence-corrected chi connectivity index (χ4v) is 4.04. The molecule has 0 saturated heterocycles. The van der Waals surface area contributed by atoms with Crippen molar-refractivity contribution in [3.63, 3.8) is 0 Å². The molecule has 0 aliphatic heterocycles. The number of aliphatic hydroxyl groups is 1. The van der Waals surface area contributed by atoms with Gasteiger partial charge in [-0.25, -0.2) is 4.39 Å².